The van der Waals surface area contributed by atoms with Gasteiger partial charge in [0.15, 0.2) is 17.5 Å². The maximum Gasteiger partial charge on any atom is 0.255 e. The van der Waals surface area contributed by atoms with Gasteiger partial charge in [0.2, 0.25) is 10.0 Å². The van der Waals surface area contributed by atoms with E-state index in [2.05, 4.69) is 5.32 Å². The summed E-state index contributed by atoms with van der Waals surface area (Å²) in [5.41, 5.74) is -0.496. The van der Waals surface area contributed by atoms with Gasteiger partial charge in [-0.3, -0.25) is 4.79 Å². The molecule has 1 fully saturated rings. The van der Waals surface area contributed by atoms with Crippen LogP contribution in [0.1, 0.15) is 10.4 Å². The van der Waals surface area contributed by atoms with E-state index in [0.717, 1.165) is 6.07 Å². The average Bonchev–Trinajstić information content (AvgIpc) is 2.69. The van der Waals surface area contributed by atoms with E-state index in [1.54, 1.807) is 0 Å². The molecule has 0 saturated carbocycles. The van der Waals surface area contributed by atoms with Crippen LogP contribution in [0.4, 0.5) is 18.9 Å². The van der Waals surface area contributed by atoms with Crippen LogP contribution in [-0.4, -0.2) is 44.9 Å². The molecule has 6 nitrogen and oxygen atoms in total. The number of hydrogen-bond donors (Lipinski definition) is 1. The van der Waals surface area contributed by atoms with Crippen molar-refractivity contribution < 1.29 is 31.1 Å². The molecule has 2 aromatic carbocycles. The first-order valence-electron chi connectivity index (χ1n) is 7.93. The number of ether oxygens (including phenoxy) is 1. The highest BCUT2D eigenvalue weighted by Gasteiger charge is 2.26. The van der Waals surface area contributed by atoms with Gasteiger partial charge < -0.3 is 10.1 Å². The minimum Gasteiger partial charge on any atom is -0.379 e. The van der Waals surface area contributed by atoms with Crippen molar-refractivity contribution in [1.82, 2.24) is 4.31 Å². The second-order valence-corrected chi connectivity index (χ2v) is 7.66. The van der Waals surface area contributed by atoms with Crippen LogP contribution >= 0.6 is 0 Å². The number of morpholine rings is 1. The normalized spacial score (nSPS) is 15.5. The summed E-state index contributed by atoms with van der Waals surface area (Å²) in [7, 11) is -3.71. The molecule has 10 heteroatoms. The zero-order chi connectivity index (χ0) is 19.6. The zero-order valence-corrected chi connectivity index (χ0v) is 14.7. The van der Waals surface area contributed by atoms with Gasteiger partial charge in [0.05, 0.1) is 23.8 Å². The topological polar surface area (TPSA) is 75.7 Å². The van der Waals surface area contributed by atoms with Crippen LogP contribution < -0.4 is 5.32 Å². The zero-order valence-electron chi connectivity index (χ0n) is 13.9. The van der Waals surface area contributed by atoms with Gasteiger partial charge in [0.25, 0.3) is 5.91 Å². The molecular weight excluding hydrogens is 385 g/mol. The van der Waals surface area contributed by atoms with E-state index >= 15 is 0 Å². The predicted octanol–water partition coefficient (Wildman–Crippen LogP) is 2.38. The van der Waals surface area contributed by atoms with Crippen molar-refractivity contribution in [1.29, 1.82) is 0 Å². The van der Waals surface area contributed by atoms with Crippen LogP contribution in [0.2, 0.25) is 0 Å². The number of sulfonamides is 1. The first kappa shape index (κ1) is 19.3. The van der Waals surface area contributed by atoms with Crippen molar-refractivity contribution in [2.75, 3.05) is 31.6 Å². The lowest BCUT2D eigenvalue weighted by atomic mass is 10.2. The third-order valence-electron chi connectivity index (χ3n) is 4.01. The molecule has 144 valence electrons. The van der Waals surface area contributed by atoms with E-state index in [-0.39, 0.29) is 23.5 Å². The van der Waals surface area contributed by atoms with Crippen molar-refractivity contribution in [2.45, 2.75) is 4.90 Å². The van der Waals surface area contributed by atoms with E-state index in [9.17, 15) is 26.4 Å². The predicted molar refractivity (Wildman–Crippen MR) is 90.3 cm³/mol. The van der Waals surface area contributed by atoms with E-state index in [1.165, 1.54) is 28.6 Å². The molecule has 0 spiro atoms. The Bertz CT molecular complexity index is 959. The average molecular weight is 400 g/mol. The maximum atomic E-state index is 13.6. The van der Waals surface area contributed by atoms with Gasteiger partial charge in [-0.2, -0.15) is 4.31 Å². The molecule has 0 atom stereocenters. The lowest BCUT2D eigenvalue weighted by molar-refractivity contribution is 0.0730. The summed E-state index contributed by atoms with van der Waals surface area (Å²) in [6.07, 6.45) is 0. The summed E-state index contributed by atoms with van der Waals surface area (Å²) in [6, 6.07) is 6.58. The largest absolute Gasteiger partial charge is 0.379 e. The van der Waals surface area contributed by atoms with Gasteiger partial charge in [-0.1, -0.05) is 0 Å². The van der Waals surface area contributed by atoms with Crippen LogP contribution in [-0.2, 0) is 14.8 Å². The Morgan fingerprint density at radius 1 is 0.963 bits per heavy atom. The Kier molecular flexibility index (Phi) is 5.49. The molecule has 27 heavy (non-hydrogen) atoms. The Morgan fingerprint density at radius 2 is 1.59 bits per heavy atom. The Labute approximate surface area is 153 Å². The first-order chi connectivity index (χ1) is 12.8. The third-order valence-corrected chi connectivity index (χ3v) is 5.92. The smallest absolute Gasteiger partial charge is 0.255 e. The number of benzene rings is 2. The van der Waals surface area contributed by atoms with Crippen molar-refractivity contribution in [3.05, 3.63) is 59.4 Å². The number of hydrogen-bond acceptors (Lipinski definition) is 4. The minimum absolute atomic E-state index is 0.0000396. The lowest BCUT2D eigenvalue weighted by Crippen LogP contribution is -2.40. The summed E-state index contributed by atoms with van der Waals surface area (Å²) in [5.74, 6) is -5.38. The molecule has 0 aliphatic carbocycles. The molecule has 0 aromatic heterocycles. The maximum absolute atomic E-state index is 13.6. The van der Waals surface area contributed by atoms with Crippen LogP contribution in [0, 0.1) is 17.5 Å². The number of rotatable bonds is 4. The molecular formula is C17H15F3N2O4S. The van der Waals surface area contributed by atoms with Crippen molar-refractivity contribution in [2.24, 2.45) is 0 Å². The van der Waals surface area contributed by atoms with Crippen LogP contribution in [0.5, 0.6) is 0 Å². The molecule has 0 unspecified atom stereocenters. The first-order valence-corrected chi connectivity index (χ1v) is 9.37. The number of carbonyl (C=O) groups is 1. The van der Waals surface area contributed by atoms with Crippen molar-refractivity contribution >= 4 is 21.6 Å². The van der Waals surface area contributed by atoms with Gasteiger partial charge in [0, 0.05) is 18.7 Å². The van der Waals surface area contributed by atoms with Gasteiger partial charge in [-0.05, 0) is 36.4 Å². The van der Waals surface area contributed by atoms with E-state index in [0.29, 0.717) is 19.3 Å². The SMILES string of the molecule is O=C(Nc1ccc(F)c(F)c1F)c1ccc(S(=O)(=O)N2CCOCC2)cc1. The van der Waals surface area contributed by atoms with Gasteiger partial charge in [-0.15, -0.1) is 0 Å². The highest BCUT2D eigenvalue weighted by molar-refractivity contribution is 7.89. The van der Waals surface area contributed by atoms with Gasteiger partial charge >= 0.3 is 0 Å². The fourth-order valence-corrected chi connectivity index (χ4v) is 3.94. The Hall–Kier alpha value is -2.43. The molecule has 3 rings (SSSR count). The molecule has 1 aliphatic heterocycles. The third kappa shape index (κ3) is 3.97. The molecule has 0 radical (unpaired) electrons. The van der Waals surface area contributed by atoms with Crippen molar-refractivity contribution in [3.8, 4) is 0 Å². The summed E-state index contributed by atoms with van der Waals surface area (Å²) >= 11 is 0. The second-order valence-electron chi connectivity index (χ2n) is 5.72. The summed E-state index contributed by atoms with van der Waals surface area (Å²) in [5, 5.41) is 2.12. The highest BCUT2D eigenvalue weighted by Crippen LogP contribution is 2.21. The standard InChI is InChI=1S/C17H15F3N2O4S/c18-13-5-6-14(16(20)15(13)19)21-17(23)11-1-3-12(4-2-11)27(24,25)22-7-9-26-10-8-22/h1-6H,7-10H2,(H,21,23). The summed E-state index contributed by atoms with van der Waals surface area (Å²) in [6.45, 7) is 1.08. The van der Waals surface area contributed by atoms with Gasteiger partial charge in [0.1, 0.15) is 0 Å². The molecule has 1 aliphatic rings. The minimum atomic E-state index is -3.71. The number of anilines is 1. The molecule has 1 N–H and O–H groups in total. The Balaban J connectivity index is 1.77. The monoisotopic (exact) mass is 400 g/mol. The number of nitrogens with one attached hydrogen (secondary N) is 1. The second kappa shape index (κ2) is 7.67. The quantitative estimate of drug-likeness (QED) is 0.800. The van der Waals surface area contributed by atoms with E-state index in [1.807, 2.05) is 0 Å². The van der Waals surface area contributed by atoms with Crippen LogP contribution in [0.15, 0.2) is 41.3 Å². The number of halogens is 3. The molecule has 1 amide bonds. The van der Waals surface area contributed by atoms with Crippen LogP contribution in [0.3, 0.4) is 0 Å². The molecule has 1 heterocycles. The number of nitrogens with zero attached hydrogens (tertiary/aromatic N) is 1. The summed E-state index contributed by atoms with van der Waals surface area (Å²) < 4.78 is 71.2. The fraction of sp³-hybridized carbons (Fsp3) is 0.235. The molecule has 0 bridgehead atoms. The number of carbonyl (C=O) groups excluding carboxylic acids is 1. The van der Waals surface area contributed by atoms with E-state index < -0.39 is 39.1 Å². The lowest BCUT2D eigenvalue weighted by Gasteiger charge is -2.26. The summed E-state index contributed by atoms with van der Waals surface area (Å²) in [4.78, 5) is 12.2. The fourth-order valence-electron chi connectivity index (χ4n) is 2.53. The Morgan fingerprint density at radius 3 is 2.22 bits per heavy atom. The number of amides is 1. The van der Waals surface area contributed by atoms with Gasteiger partial charge in [-0.25, -0.2) is 21.6 Å². The van der Waals surface area contributed by atoms with E-state index in [4.69, 9.17) is 4.74 Å². The highest BCUT2D eigenvalue weighted by atomic mass is 32.2. The van der Waals surface area contributed by atoms with Crippen molar-refractivity contribution in [3.63, 3.8) is 0 Å². The van der Waals surface area contributed by atoms with Crippen LogP contribution in [0.25, 0.3) is 0 Å². The molecule has 1 saturated heterocycles. The molecule has 2 aromatic rings.